The van der Waals surface area contributed by atoms with Crippen LogP contribution in [0.5, 0.6) is 0 Å². The Morgan fingerprint density at radius 3 is 2.00 bits per heavy atom. The van der Waals surface area contributed by atoms with Gasteiger partial charge in [-0.2, -0.15) is 0 Å². The molecule has 3 rings (SSSR count). The van der Waals surface area contributed by atoms with Crippen molar-refractivity contribution in [1.82, 2.24) is 19.6 Å². The van der Waals surface area contributed by atoms with Gasteiger partial charge < -0.3 is 14.7 Å². The highest BCUT2D eigenvalue weighted by Gasteiger charge is 2.14. The maximum absolute atomic E-state index is 2.62. The van der Waals surface area contributed by atoms with E-state index in [4.69, 9.17) is 0 Å². The molecule has 0 atom stereocenters. The molecule has 2 aliphatic heterocycles. The Morgan fingerprint density at radius 1 is 0.750 bits per heavy atom. The summed E-state index contributed by atoms with van der Waals surface area (Å²) < 4.78 is 0. The molecule has 0 saturated carbocycles. The third-order valence-electron chi connectivity index (χ3n) is 5.53. The quantitative estimate of drug-likeness (QED) is 0.786. The second-order valence-electron chi connectivity index (χ2n) is 7.65. The molecule has 1 aromatic carbocycles. The molecular weight excluding hydrogens is 296 g/mol. The van der Waals surface area contributed by atoms with Crippen LogP contribution in [0, 0.1) is 0 Å². The molecule has 0 spiro atoms. The summed E-state index contributed by atoms with van der Waals surface area (Å²) in [5.74, 6) is 0. The van der Waals surface area contributed by atoms with E-state index in [1.807, 2.05) is 0 Å². The first-order valence-electron chi connectivity index (χ1n) is 9.59. The molecule has 0 unspecified atom stereocenters. The zero-order valence-electron chi connectivity index (χ0n) is 15.6. The van der Waals surface area contributed by atoms with Crippen LogP contribution in [0.25, 0.3) is 0 Å². The Morgan fingerprint density at radius 2 is 1.33 bits per heavy atom. The average molecular weight is 331 g/mol. The minimum atomic E-state index is 1.11. The van der Waals surface area contributed by atoms with E-state index in [9.17, 15) is 0 Å². The molecule has 0 radical (unpaired) electrons. The third-order valence-corrected chi connectivity index (χ3v) is 5.53. The van der Waals surface area contributed by atoms with Crippen LogP contribution in [0.2, 0.25) is 0 Å². The fourth-order valence-corrected chi connectivity index (χ4v) is 3.73. The van der Waals surface area contributed by atoms with Gasteiger partial charge >= 0.3 is 0 Å². The van der Waals surface area contributed by atoms with Gasteiger partial charge in [0.25, 0.3) is 0 Å². The van der Waals surface area contributed by atoms with Crippen molar-refractivity contribution in [3.63, 3.8) is 0 Å². The highest BCUT2D eigenvalue weighted by atomic mass is 15.2. The molecular formula is C20H34N4. The summed E-state index contributed by atoms with van der Waals surface area (Å²) in [4.78, 5) is 10.1. The number of hydrogen-bond donors (Lipinski definition) is 0. The molecule has 2 aliphatic rings. The zero-order chi connectivity index (χ0) is 16.8. The number of hydrogen-bond acceptors (Lipinski definition) is 4. The van der Waals surface area contributed by atoms with Crippen molar-refractivity contribution in [3.8, 4) is 0 Å². The standard InChI is InChI=1S/C20H34N4/c1-21-9-13-23(14-10-21)8-4-7-19-5-3-6-20(17-19)18-24-15-11-22(2)12-16-24/h3,5-6,17H,4,7-16,18H2,1-2H3. The van der Waals surface area contributed by atoms with Crippen molar-refractivity contribution in [2.45, 2.75) is 19.4 Å². The lowest BCUT2D eigenvalue weighted by Gasteiger charge is -2.32. The van der Waals surface area contributed by atoms with E-state index in [1.54, 1.807) is 0 Å². The van der Waals surface area contributed by atoms with Crippen molar-refractivity contribution >= 4 is 0 Å². The summed E-state index contributed by atoms with van der Waals surface area (Å²) in [6.45, 7) is 12.1. The fourth-order valence-electron chi connectivity index (χ4n) is 3.73. The number of benzene rings is 1. The van der Waals surface area contributed by atoms with E-state index in [2.05, 4.69) is 58.0 Å². The maximum atomic E-state index is 2.62. The number of rotatable bonds is 6. The van der Waals surface area contributed by atoms with Crippen molar-refractivity contribution < 1.29 is 0 Å². The van der Waals surface area contributed by atoms with Crippen molar-refractivity contribution in [1.29, 1.82) is 0 Å². The Balaban J connectivity index is 1.41. The van der Waals surface area contributed by atoms with Crippen LogP contribution in [0.4, 0.5) is 0 Å². The smallest absolute Gasteiger partial charge is 0.0234 e. The predicted octanol–water partition coefficient (Wildman–Crippen LogP) is 1.61. The SMILES string of the molecule is CN1CCN(CCCc2cccc(CN3CCN(C)CC3)c2)CC1. The average Bonchev–Trinajstić information content (AvgIpc) is 2.59. The Bertz CT molecular complexity index is 488. The molecule has 1 aromatic rings. The highest BCUT2D eigenvalue weighted by Crippen LogP contribution is 2.12. The van der Waals surface area contributed by atoms with Gasteiger partial charge in [0.1, 0.15) is 0 Å². The molecule has 0 bridgehead atoms. The van der Waals surface area contributed by atoms with E-state index in [1.165, 1.54) is 82.9 Å². The van der Waals surface area contributed by atoms with Crippen LogP contribution in [0.3, 0.4) is 0 Å². The van der Waals surface area contributed by atoms with Gasteiger partial charge in [-0.3, -0.25) is 4.90 Å². The first-order chi connectivity index (χ1) is 11.7. The van der Waals surface area contributed by atoms with E-state index >= 15 is 0 Å². The monoisotopic (exact) mass is 330 g/mol. The molecule has 2 heterocycles. The van der Waals surface area contributed by atoms with Gasteiger partial charge in [0.15, 0.2) is 0 Å². The van der Waals surface area contributed by atoms with Crippen LogP contribution < -0.4 is 0 Å². The van der Waals surface area contributed by atoms with Gasteiger partial charge in [-0.05, 0) is 44.6 Å². The Kier molecular flexibility index (Phi) is 6.67. The topological polar surface area (TPSA) is 13.0 Å². The van der Waals surface area contributed by atoms with Crippen LogP contribution in [0.15, 0.2) is 24.3 Å². The molecule has 2 saturated heterocycles. The fraction of sp³-hybridized carbons (Fsp3) is 0.700. The van der Waals surface area contributed by atoms with E-state index in [0.717, 1.165) is 6.54 Å². The number of piperazine rings is 2. The van der Waals surface area contributed by atoms with Crippen LogP contribution in [0.1, 0.15) is 17.5 Å². The summed E-state index contributed by atoms with van der Waals surface area (Å²) in [7, 11) is 4.45. The summed E-state index contributed by atoms with van der Waals surface area (Å²) in [6.07, 6.45) is 2.49. The first-order valence-corrected chi connectivity index (χ1v) is 9.59. The molecule has 0 aliphatic carbocycles. The lowest BCUT2D eigenvalue weighted by atomic mass is 10.1. The van der Waals surface area contributed by atoms with Gasteiger partial charge in [0.05, 0.1) is 0 Å². The highest BCUT2D eigenvalue weighted by molar-refractivity contribution is 5.23. The zero-order valence-corrected chi connectivity index (χ0v) is 15.6. The van der Waals surface area contributed by atoms with Gasteiger partial charge in [-0.25, -0.2) is 0 Å². The van der Waals surface area contributed by atoms with Gasteiger partial charge in [0, 0.05) is 58.9 Å². The summed E-state index contributed by atoms with van der Waals surface area (Å²) in [5.41, 5.74) is 2.99. The largest absolute Gasteiger partial charge is 0.304 e. The van der Waals surface area contributed by atoms with E-state index in [0.29, 0.717) is 0 Å². The second-order valence-corrected chi connectivity index (χ2v) is 7.65. The first kappa shape index (κ1) is 17.9. The number of aryl methyl sites for hydroxylation is 1. The van der Waals surface area contributed by atoms with Crippen LogP contribution >= 0.6 is 0 Å². The summed E-state index contributed by atoms with van der Waals surface area (Å²) >= 11 is 0. The van der Waals surface area contributed by atoms with Gasteiger partial charge in [0.2, 0.25) is 0 Å². The molecule has 0 N–H and O–H groups in total. The predicted molar refractivity (Wildman–Crippen MR) is 101 cm³/mol. The number of nitrogens with zero attached hydrogens (tertiary/aromatic N) is 4. The number of likely N-dealkylation sites (N-methyl/N-ethyl adjacent to an activating group) is 2. The third kappa shape index (κ3) is 5.55. The molecule has 0 aromatic heterocycles. The molecule has 4 nitrogen and oxygen atoms in total. The molecule has 0 amide bonds. The molecule has 134 valence electrons. The Labute approximate surface area is 148 Å². The minimum Gasteiger partial charge on any atom is -0.304 e. The van der Waals surface area contributed by atoms with E-state index in [-0.39, 0.29) is 0 Å². The minimum absolute atomic E-state index is 1.11. The van der Waals surface area contributed by atoms with E-state index < -0.39 is 0 Å². The van der Waals surface area contributed by atoms with Crippen LogP contribution in [-0.4, -0.2) is 92.6 Å². The Hall–Kier alpha value is -0.940. The summed E-state index contributed by atoms with van der Waals surface area (Å²) in [6, 6.07) is 9.28. The van der Waals surface area contributed by atoms with Crippen molar-refractivity contribution in [3.05, 3.63) is 35.4 Å². The molecule has 4 heteroatoms. The molecule has 2 fully saturated rings. The maximum Gasteiger partial charge on any atom is 0.0234 e. The van der Waals surface area contributed by atoms with Gasteiger partial charge in [-0.15, -0.1) is 0 Å². The lowest BCUT2D eigenvalue weighted by molar-refractivity contribution is 0.148. The van der Waals surface area contributed by atoms with Crippen LogP contribution in [-0.2, 0) is 13.0 Å². The summed E-state index contributed by atoms with van der Waals surface area (Å²) in [5, 5.41) is 0. The van der Waals surface area contributed by atoms with Crippen molar-refractivity contribution in [2.24, 2.45) is 0 Å². The van der Waals surface area contributed by atoms with Crippen molar-refractivity contribution in [2.75, 3.05) is 73.0 Å². The molecule has 24 heavy (non-hydrogen) atoms. The van der Waals surface area contributed by atoms with Gasteiger partial charge in [-0.1, -0.05) is 24.3 Å². The second kappa shape index (κ2) is 8.95. The normalized spacial score (nSPS) is 22.1. The lowest BCUT2D eigenvalue weighted by Crippen LogP contribution is -2.44.